The molecule has 0 saturated heterocycles. The molecule has 10 aromatic carbocycles. The van der Waals surface area contributed by atoms with Gasteiger partial charge in [0.25, 0.3) is 0 Å². The van der Waals surface area contributed by atoms with Crippen molar-refractivity contribution in [2.45, 2.75) is 0 Å². The smallest absolute Gasteiger partial charge is 0.143 e. The lowest BCUT2D eigenvalue weighted by atomic mass is 9.96. The van der Waals surface area contributed by atoms with Gasteiger partial charge in [0.05, 0.1) is 16.6 Å². The van der Waals surface area contributed by atoms with E-state index in [2.05, 4.69) is 91.0 Å². The quantitative estimate of drug-likeness (QED) is 0.169. The Morgan fingerprint density at radius 2 is 0.915 bits per heavy atom. The third kappa shape index (κ3) is 5.44. The largest absolute Gasteiger partial charge is 0.455 e. The van der Waals surface area contributed by atoms with Crippen LogP contribution in [-0.2, 0) is 0 Å². The van der Waals surface area contributed by atoms with Gasteiger partial charge in [-0.25, -0.2) is 0 Å². The van der Waals surface area contributed by atoms with E-state index in [9.17, 15) is 5.48 Å². The molecule has 0 spiro atoms. The van der Waals surface area contributed by atoms with Crippen molar-refractivity contribution in [1.82, 2.24) is 0 Å². The van der Waals surface area contributed by atoms with Gasteiger partial charge in [0, 0.05) is 38.5 Å². The van der Waals surface area contributed by atoms with E-state index in [-0.39, 0.29) is 35.4 Å². The first-order valence-corrected chi connectivity index (χ1v) is 19.8. The summed E-state index contributed by atoms with van der Waals surface area (Å²) in [5.41, 5.74) is 9.10. The Bertz CT molecular complexity index is 3760. The van der Waals surface area contributed by atoms with Gasteiger partial charge >= 0.3 is 0 Å². The minimum Gasteiger partial charge on any atom is -0.455 e. The summed E-state index contributed by atoms with van der Waals surface area (Å²) in [6, 6.07) is 62.2. The second kappa shape index (κ2) is 13.4. The fraction of sp³-hybridized carbons (Fsp3) is 0. The summed E-state index contributed by atoms with van der Waals surface area (Å²) in [6.45, 7) is 0. The molecule has 0 unspecified atom stereocenters. The first-order valence-electron chi connectivity index (χ1n) is 21.8. The highest BCUT2D eigenvalue weighted by Crippen LogP contribution is 2.45. The number of furan rings is 2. The van der Waals surface area contributed by atoms with E-state index in [1.54, 1.807) is 0 Å². The van der Waals surface area contributed by atoms with Crippen LogP contribution in [0.1, 0.15) is 5.48 Å². The van der Waals surface area contributed by atoms with Gasteiger partial charge in [0.1, 0.15) is 22.3 Å². The first-order chi connectivity index (χ1) is 30.9. The third-order valence-electron chi connectivity index (χ3n) is 11.6. The molecule has 0 atom stereocenters. The molecule has 0 N–H and O–H groups in total. The van der Waals surface area contributed by atoms with Crippen LogP contribution >= 0.6 is 0 Å². The fourth-order valence-corrected chi connectivity index (χ4v) is 8.73. The number of rotatable bonds is 6. The maximum Gasteiger partial charge on any atom is 0.143 e. The molecule has 3 heteroatoms. The average Bonchev–Trinajstić information content (AvgIpc) is 3.92. The molecule has 0 aliphatic heterocycles. The van der Waals surface area contributed by atoms with E-state index in [1.807, 2.05) is 102 Å². The van der Waals surface area contributed by atoms with Crippen LogP contribution < -0.4 is 4.90 Å². The van der Waals surface area contributed by atoms with Crippen molar-refractivity contribution < 1.29 is 14.3 Å². The van der Waals surface area contributed by atoms with E-state index < -0.39 is 0 Å². The fourth-order valence-electron chi connectivity index (χ4n) is 8.73. The zero-order valence-corrected chi connectivity index (χ0v) is 31.7. The average molecular weight is 758 g/mol. The molecule has 3 nitrogen and oxygen atoms in total. The van der Waals surface area contributed by atoms with E-state index in [4.69, 9.17) is 8.83 Å². The molecule has 0 saturated carbocycles. The molecule has 0 fully saturated rings. The van der Waals surface area contributed by atoms with Gasteiger partial charge in [-0.15, -0.1) is 0 Å². The van der Waals surface area contributed by atoms with E-state index in [1.165, 1.54) is 16.3 Å². The number of hydrogen-bond donors (Lipinski definition) is 0. The Morgan fingerprint density at radius 3 is 1.73 bits per heavy atom. The van der Waals surface area contributed by atoms with Crippen LogP contribution in [0, 0.1) is 0 Å². The summed E-state index contributed by atoms with van der Waals surface area (Å²) in [6.07, 6.45) is 0. The van der Waals surface area contributed by atoms with Crippen molar-refractivity contribution in [3.05, 3.63) is 212 Å². The minimum atomic E-state index is -0.178. The van der Waals surface area contributed by atoms with E-state index >= 15 is 0 Å². The Hall–Kier alpha value is -7.88. The number of fused-ring (bicyclic) bond motifs is 9. The number of benzene rings is 10. The van der Waals surface area contributed by atoms with Crippen LogP contribution in [0.25, 0.3) is 98.8 Å². The Morgan fingerprint density at radius 1 is 0.339 bits per heavy atom. The molecule has 0 radical (unpaired) electrons. The highest BCUT2D eigenvalue weighted by atomic mass is 16.3. The zero-order valence-electron chi connectivity index (χ0n) is 35.7. The van der Waals surface area contributed by atoms with Crippen molar-refractivity contribution in [1.29, 1.82) is 0 Å². The maximum atomic E-state index is 9.74. The molecule has 0 amide bonds. The van der Waals surface area contributed by atoms with Crippen molar-refractivity contribution >= 4 is 82.5 Å². The molecule has 276 valence electrons. The van der Waals surface area contributed by atoms with Crippen LogP contribution in [0.15, 0.2) is 221 Å². The molecule has 0 aliphatic rings. The van der Waals surface area contributed by atoms with Gasteiger partial charge in [0.15, 0.2) is 0 Å². The van der Waals surface area contributed by atoms with Crippen LogP contribution in [-0.4, -0.2) is 0 Å². The van der Waals surface area contributed by atoms with E-state index in [0.29, 0.717) is 33.7 Å². The molecule has 12 aromatic rings. The highest BCUT2D eigenvalue weighted by Gasteiger charge is 2.21. The summed E-state index contributed by atoms with van der Waals surface area (Å²) in [5.74, 6) is 0. The first kappa shape index (κ1) is 29.4. The van der Waals surface area contributed by atoms with Crippen molar-refractivity contribution in [3.63, 3.8) is 0 Å². The highest BCUT2D eigenvalue weighted by molar-refractivity contribution is 6.19. The lowest BCUT2D eigenvalue weighted by molar-refractivity contribution is 0.670. The van der Waals surface area contributed by atoms with Crippen molar-refractivity contribution in [3.8, 4) is 33.4 Å². The van der Waals surface area contributed by atoms with Crippen LogP contribution in [0.2, 0.25) is 0 Å². The molecule has 2 aromatic heterocycles. The Balaban J connectivity index is 1.04. The molecule has 0 bridgehead atoms. The van der Waals surface area contributed by atoms with Crippen LogP contribution in [0.3, 0.4) is 0 Å². The maximum absolute atomic E-state index is 9.74. The van der Waals surface area contributed by atoms with Gasteiger partial charge in [-0.05, 0) is 92.5 Å². The second-order valence-corrected chi connectivity index (χ2v) is 14.9. The zero-order chi connectivity index (χ0) is 42.3. The van der Waals surface area contributed by atoms with Gasteiger partial charge in [-0.2, -0.15) is 0 Å². The minimum absolute atomic E-state index is 0.125. The Labute approximate surface area is 346 Å². The lowest BCUT2D eigenvalue weighted by Gasteiger charge is -2.26. The monoisotopic (exact) mass is 757 g/mol. The predicted molar refractivity (Wildman–Crippen MR) is 247 cm³/mol. The van der Waals surface area contributed by atoms with Gasteiger partial charge in [-0.3, -0.25) is 0 Å². The molecule has 59 heavy (non-hydrogen) atoms. The standard InChI is InChI=1S/C56H35NO2/c1-3-13-44-38(10-1)12-7-16-45(44)40-24-22-36(23-25-40)37-26-31-42(32-27-37)57(51-19-9-21-53-54(51)50-35-30-39-11-2-4-14-46(39)56(50)59-53)43-33-28-41(29-34-43)47-17-8-18-49-48-15-5-6-20-52(48)58-55(47)49/h1-35H/i28D,29D,33D,34D. The molecule has 0 aliphatic carbocycles. The van der Waals surface area contributed by atoms with Crippen molar-refractivity contribution in [2.24, 2.45) is 0 Å². The third-order valence-corrected chi connectivity index (χ3v) is 11.6. The molecule has 2 heterocycles. The summed E-state index contributed by atoms with van der Waals surface area (Å²) < 4.78 is 51.6. The summed E-state index contributed by atoms with van der Waals surface area (Å²) in [4.78, 5) is 1.85. The number of nitrogens with zero attached hydrogens (tertiary/aromatic N) is 1. The van der Waals surface area contributed by atoms with Gasteiger partial charge in [0.2, 0.25) is 0 Å². The summed E-state index contributed by atoms with van der Waals surface area (Å²) >= 11 is 0. The number of anilines is 3. The van der Waals surface area contributed by atoms with Crippen LogP contribution in [0.4, 0.5) is 17.1 Å². The number of hydrogen-bond acceptors (Lipinski definition) is 3. The van der Waals surface area contributed by atoms with Gasteiger partial charge < -0.3 is 13.7 Å². The van der Waals surface area contributed by atoms with Gasteiger partial charge in [-0.1, -0.05) is 164 Å². The van der Waals surface area contributed by atoms with Crippen molar-refractivity contribution in [2.75, 3.05) is 4.90 Å². The summed E-state index contributed by atoms with van der Waals surface area (Å²) in [7, 11) is 0. The number of para-hydroxylation sites is 2. The van der Waals surface area contributed by atoms with E-state index in [0.717, 1.165) is 54.6 Å². The molecular weight excluding hydrogens is 719 g/mol. The molecule has 12 rings (SSSR count). The Kier molecular flexibility index (Phi) is 6.65. The lowest BCUT2D eigenvalue weighted by Crippen LogP contribution is -2.10. The SMILES string of the molecule is [2H]c1c([2H])c(N(c2ccc(-c3ccc(-c4cccc5ccccc45)cc3)cc2)c2cccc3oc4c5ccccc5ccc4c23)c([2H])c([2H])c1-c1cccc2c1oc1ccccc12. The topological polar surface area (TPSA) is 29.5 Å². The normalized spacial score (nSPS) is 12.7. The molecular formula is C56H35NO2. The summed E-state index contributed by atoms with van der Waals surface area (Å²) in [5, 5.41) is 7.90. The van der Waals surface area contributed by atoms with Crippen LogP contribution in [0.5, 0.6) is 0 Å². The predicted octanol–water partition coefficient (Wildman–Crippen LogP) is 16.3. The second-order valence-electron chi connectivity index (χ2n) is 14.9.